The van der Waals surface area contributed by atoms with Gasteiger partial charge in [-0.15, -0.1) is 0 Å². The third-order valence-corrected chi connectivity index (χ3v) is 6.14. The van der Waals surface area contributed by atoms with Gasteiger partial charge in [-0.05, 0) is 43.4 Å². The van der Waals surface area contributed by atoms with Crippen molar-refractivity contribution in [1.82, 2.24) is 14.3 Å². The number of Topliss-reactive ketones (excluding diaryl/α,β-unsaturated/α-hetero) is 1. The standard InChI is InChI=1S/C22H23N3O/c26-22(17-6-9-21-23-10-11-24(21)15-17)18-12-19-7-8-20(13-18)25(19)14-16-4-2-1-3-5-16/h1-6,9-11,15,18-20H,7-8,12-14H2. The highest BCUT2D eigenvalue weighted by Gasteiger charge is 2.42. The molecule has 26 heavy (non-hydrogen) atoms. The van der Waals surface area contributed by atoms with E-state index in [1.807, 2.05) is 28.9 Å². The highest BCUT2D eigenvalue weighted by molar-refractivity contribution is 5.98. The summed E-state index contributed by atoms with van der Waals surface area (Å²) in [6.45, 7) is 1.01. The molecule has 0 aliphatic carbocycles. The Balaban J connectivity index is 1.33. The fraction of sp³-hybridized carbons (Fsp3) is 0.364. The highest BCUT2D eigenvalue weighted by atomic mass is 16.1. The number of fused-ring (bicyclic) bond motifs is 3. The van der Waals surface area contributed by atoms with Gasteiger partial charge in [-0.1, -0.05) is 30.3 Å². The van der Waals surface area contributed by atoms with Crippen LogP contribution >= 0.6 is 0 Å². The van der Waals surface area contributed by atoms with Gasteiger partial charge in [0.1, 0.15) is 5.65 Å². The molecule has 2 aliphatic rings. The Hall–Kier alpha value is -2.46. The first-order valence-corrected chi connectivity index (χ1v) is 9.54. The van der Waals surface area contributed by atoms with E-state index < -0.39 is 0 Å². The summed E-state index contributed by atoms with van der Waals surface area (Å²) in [5.41, 5.74) is 3.08. The number of rotatable bonds is 4. The van der Waals surface area contributed by atoms with E-state index >= 15 is 0 Å². The van der Waals surface area contributed by atoms with Gasteiger partial charge in [-0.2, -0.15) is 0 Å². The van der Waals surface area contributed by atoms with E-state index in [2.05, 4.69) is 40.2 Å². The summed E-state index contributed by atoms with van der Waals surface area (Å²) in [5, 5.41) is 0. The number of carbonyl (C=O) groups is 1. The molecule has 0 saturated carbocycles. The van der Waals surface area contributed by atoms with Crippen LogP contribution in [0.4, 0.5) is 0 Å². The van der Waals surface area contributed by atoms with Crippen LogP contribution < -0.4 is 0 Å². The van der Waals surface area contributed by atoms with Crippen molar-refractivity contribution in [3.8, 4) is 0 Å². The number of hydrogen-bond donors (Lipinski definition) is 0. The molecular weight excluding hydrogens is 322 g/mol. The summed E-state index contributed by atoms with van der Waals surface area (Å²) in [7, 11) is 0. The molecule has 2 aromatic heterocycles. The molecule has 4 heteroatoms. The van der Waals surface area contributed by atoms with Crippen molar-refractivity contribution < 1.29 is 4.79 Å². The fourth-order valence-corrected chi connectivity index (χ4v) is 4.84. The molecule has 2 fully saturated rings. The van der Waals surface area contributed by atoms with E-state index in [4.69, 9.17) is 0 Å². The van der Waals surface area contributed by atoms with Crippen molar-refractivity contribution in [1.29, 1.82) is 0 Å². The first-order valence-electron chi connectivity index (χ1n) is 9.54. The Morgan fingerprint density at radius 3 is 2.58 bits per heavy atom. The summed E-state index contributed by atoms with van der Waals surface area (Å²) in [6.07, 6.45) is 10.0. The molecule has 0 N–H and O–H groups in total. The summed E-state index contributed by atoms with van der Waals surface area (Å²) < 4.78 is 1.94. The maximum absolute atomic E-state index is 13.1. The quantitative estimate of drug-likeness (QED) is 0.672. The van der Waals surface area contributed by atoms with Crippen molar-refractivity contribution >= 4 is 11.4 Å². The number of aromatic nitrogens is 2. The summed E-state index contributed by atoms with van der Waals surface area (Å²) in [4.78, 5) is 20.0. The van der Waals surface area contributed by atoms with Crippen molar-refractivity contribution in [2.75, 3.05) is 0 Å². The molecule has 0 spiro atoms. The monoisotopic (exact) mass is 345 g/mol. The van der Waals surface area contributed by atoms with Crippen LogP contribution in [-0.4, -0.2) is 32.2 Å². The van der Waals surface area contributed by atoms with Crippen LogP contribution in [0.25, 0.3) is 5.65 Å². The van der Waals surface area contributed by atoms with Crippen molar-refractivity contribution in [3.05, 3.63) is 72.2 Å². The lowest BCUT2D eigenvalue weighted by atomic mass is 9.85. The second-order valence-corrected chi connectivity index (χ2v) is 7.69. The lowest BCUT2D eigenvalue weighted by Crippen LogP contribution is -2.44. The van der Waals surface area contributed by atoms with Crippen LogP contribution in [-0.2, 0) is 6.54 Å². The number of carbonyl (C=O) groups excluding carboxylic acids is 1. The Morgan fingerprint density at radius 2 is 1.81 bits per heavy atom. The molecule has 4 nitrogen and oxygen atoms in total. The van der Waals surface area contributed by atoms with Crippen LogP contribution in [0.5, 0.6) is 0 Å². The number of nitrogens with zero attached hydrogens (tertiary/aromatic N) is 3. The molecule has 5 rings (SSSR count). The topological polar surface area (TPSA) is 37.6 Å². The zero-order chi connectivity index (χ0) is 17.5. The zero-order valence-electron chi connectivity index (χ0n) is 14.8. The maximum Gasteiger partial charge on any atom is 0.167 e. The lowest BCUT2D eigenvalue weighted by molar-refractivity contribution is 0.0678. The Bertz CT molecular complexity index is 919. The summed E-state index contributed by atoms with van der Waals surface area (Å²) >= 11 is 0. The van der Waals surface area contributed by atoms with Gasteiger partial charge in [0.15, 0.2) is 5.78 Å². The average Bonchev–Trinajstić information content (AvgIpc) is 3.22. The van der Waals surface area contributed by atoms with Gasteiger partial charge < -0.3 is 4.40 Å². The first-order chi connectivity index (χ1) is 12.8. The van der Waals surface area contributed by atoms with Gasteiger partial charge in [0.2, 0.25) is 0 Å². The molecule has 0 amide bonds. The van der Waals surface area contributed by atoms with Crippen LogP contribution in [0, 0.1) is 5.92 Å². The average molecular weight is 345 g/mol. The molecule has 132 valence electrons. The lowest BCUT2D eigenvalue weighted by Gasteiger charge is -2.38. The predicted molar refractivity (Wildman–Crippen MR) is 101 cm³/mol. The van der Waals surface area contributed by atoms with E-state index in [0.29, 0.717) is 17.9 Å². The van der Waals surface area contributed by atoms with E-state index in [1.54, 1.807) is 6.20 Å². The smallest absolute Gasteiger partial charge is 0.167 e. The molecule has 2 saturated heterocycles. The number of benzene rings is 1. The van der Waals surface area contributed by atoms with E-state index in [1.165, 1.54) is 18.4 Å². The zero-order valence-corrected chi connectivity index (χ0v) is 14.8. The number of pyridine rings is 1. The van der Waals surface area contributed by atoms with Crippen molar-refractivity contribution in [3.63, 3.8) is 0 Å². The fourth-order valence-electron chi connectivity index (χ4n) is 4.84. The molecule has 3 aromatic rings. The SMILES string of the molecule is O=C(c1ccc2nccn2c1)C1CC2CCC(C1)N2Cc1ccccc1. The third-order valence-electron chi connectivity index (χ3n) is 6.14. The molecular formula is C22H23N3O. The first kappa shape index (κ1) is 15.8. The van der Waals surface area contributed by atoms with Gasteiger partial charge in [-0.3, -0.25) is 9.69 Å². The summed E-state index contributed by atoms with van der Waals surface area (Å²) in [6, 6.07) is 15.7. The normalized spacial score (nSPS) is 25.6. The Morgan fingerprint density at radius 1 is 1.04 bits per heavy atom. The molecule has 2 unspecified atom stereocenters. The molecule has 4 heterocycles. The van der Waals surface area contributed by atoms with E-state index in [9.17, 15) is 4.79 Å². The van der Waals surface area contributed by atoms with E-state index in [-0.39, 0.29) is 5.92 Å². The Labute approximate surface area is 153 Å². The largest absolute Gasteiger partial charge is 0.306 e. The minimum atomic E-state index is 0.153. The second kappa shape index (κ2) is 6.36. The third kappa shape index (κ3) is 2.74. The van der Waals surface area contributed by atoms with Gasteiger partial charge in [0, 0.05) is 48.7 Å². The minimum absolute atomic E-state index is 0.153. The van der Waals surface area contributed by atoms with E-state index in [0.717, 1.165) is 30.6 Å². The molecule has 1 aromatic carbocycles. The molecule has 2 aliphatic heterocycles. The highest BCUT2D eigenvalue weighted by Crippen LogP contribution is 2.40. The van der Waals surface area contributed by atoms with Crippen LogP contribution in [0.2, 0.25) is 0 Å². The predicted octanol–water partition coefficient (Wildman–Crippen LogP) is 3.96. The molecule has 2 bridgehead atoms. The van der Waals surface area contributed by atoms with Crippen LogP contribution in [0.1, 0.15) is 41.6 Å². The van der Waals surface area contributed by atoms with Crippen molar-refractivity contribution in [2.45, 2.75) is 44.3 Å². The number of imidazole rings is 1. The van der Waals surface area contributed by atoms with Crippen molar-refractivity contribution in [2.24, 2.45) is 5.92 Å². The molecule has 0 radical (unpaired) electrons. The minimum Gasteiger partial charge on any atom is -0.306 e. The van der Waals surface area contributed by atoms with Crippen LogP contribution in [0.15, 0.2) is 61.1 Å². The van der Waals surface area contributed by atoms with Gasteiger partial charge in [0.25, 0.3) is 0 Å². The van der Waals surface area contributed by atoms with Gasteiger partial charge >= 0.3 is 0 Å². The van der Waals surface area contributed by atoms with Gasteiger partial charge in [-0.25, -0.2) is 4.98 Å². The Kier molecular flexibility index (Phi) is 3.86. The van der Waals surface area contributed by atoms with Gasteiger partial charge in [0.05, 0.1) is 0 Å². The maximum atomic E-state index is 13.1. The van der Waals surface area contributed by atoms with Crippen LogP contribution in [0.3, 0.4) is 0 Å². The summed E-state index contributed by atoms with van der Waals surface area (Å²) in [5.74, 6) is 0.456. The number of ketones is 1. The molecule has 2 atom stereocenters. The number of piperidine rings is 1. The number of hydrogen-bond acceptors (Lipinski definition) is 3. The second-order valence-electron chi connectivity index (χ2n) is 7.69.